The molecule has 0 bridgehead atoms. The largest absolute Gasteiger partial charge is 0.398 e. The van der Waals surface area contributed by atoms with Crippen LogP contribution in [0.5, 0.6) is 0 Å². The standard InChI is InChI=1S/C13H14N2O2/c14-10-4-2-1-3-9(10)13-11(16)7-12(17)15(13)8-5-6-8/h1-4,8,13H,5-7,14H2. The normalized spacial score (nSPS) is 24.5. The van der Waals surface area contributed by atoms with Crippen molar-refractivity contribution in [2.75, 3.05) is 5.73 Å². The smallest absolute Gasteiger partial charge is 0.231 e. The number of nitrogen functional groups attached to an aromatic ring is 1. The summed E-state index contributed by atoms with van der Waals surface area (Å²) in [5.41, 5.74) is 7.26. The molecule has 0 radical (unpaired) electrons. The van der Waals surface area contributed by atoms with Crippen molar-refractivity contribution in [2.24, 2.45) is 0 Å². The summed E-state index contributed by atoms with van der Waals surface area (Å²) in [5, 5.41) is 0. The zero-order chi connectivity index (χ0) is 12.0. The molecule has 1 heterocycles. The molecular weight excluding hydrogens is 216 g/mol. The van der Waals surface area contributed by atoms with E-state index in [9.17, 15) is 9.59 Å². The first kappa shape index (κ1) is 10.3. The summed E-state index contributed by atoms with van der Waals surface area (Å²) in [6, 6.07) is 7.10. The third kappa shape index (κ3) is 1.60. The first-order chi connectivity index (χ1) is 8.18. The number of rotatable bonds is 2. The van der Waals surface area contributed by atoms with Crippen LogP contribution in [0.4, 0.5) is 5.69 Å². The Morgan fingerprint density at radius 3 is 2.53 bits per heavy atom. The summed E-state index contributed by atoms with van der Waals surface area (Å²) in [6.45, 7) is 0. The Balaban J connectivity index is 2.02. The van der Waals surface area contributed by atoms with E-state index in [1.807, 2.05) is 18.2 Å². The van der Waals surface area contributed by atoms with Gasteiger partial charge in [-0.05, 0) is 18.9 Å². The van der Waals surface area contributed by atoms with Crippen LogP contribution in [0, 0.1) is 0 Å². The van der Waals surface area contributed by atoms with Gasteiger partial charge in [0.1, 0.15) is 6.04 Å². The second-order valence-corrected chi connectivity index (χ2v) is 4.71. The van der Waals surface area contributed by atoms with Gasteiger partial charge in [0.2, 0.25) is 5.91 Å². The predicted molar refractivity (Wildman–Crippen MR) is 63.1 cm³/mol. The number of hydrogen-bond acceptors (Lipinski definition) is 3. The number of Topliss-reactive ketones (excluding diaryl/α,β-unsaturated/α-hetero) is 1. The van der Waals surface area contributed by atoms with Gasteiger partial charge < -0.3 is 10.6 Å². The zero-order valence-corrected chi connectivity index (χ0v) is 9.43. The summed E-state index contributed by atoms with van der Waals surface area (Å²) >= 11 is 0. The Bertz CT molecular complexity index is 494. The van der Waals surface area contributed by atoms with E-state index in [0.29, 0.717) is 5.69 Å². The minimum absolute atomic E-state index is 0.0233. The molecule has 0 spiro atoms. The Hall–Kier alpha value is -1.84. The van der Waals surface area contributed by atoms with Crippen LogP contribution in [0.1, 0.15) is 30.9 Å². The lowest BCUT2D eigenvalue weighted by molar-refractivity contribution is -0.129. The van der Waals surface area contributed by atoms with Crippen LogP contribution in [0.2, 0.25) is 0 Å². The van der Waals surface area contributed by atoms with Gasteiger partial charge in [-0.25, -0.2) is 0 Å². The minimum Gasteiger partial charge on any atom is -0.398 e. The van der Waals surface area contributed by atoms with E-state index in [0.717, 1.165) is 18.4 Å². The quantitative estimate of drug-likeness (QED) is 0.614. The molecule has 2 aliphatic rings. The SMILES string of the molecule is Nc1ccccc1C1C(=O)CC(=O)N1C1CC1. The molecule has 2 N–H and O–H groups in total. The van der Waals surface area contributed by atoms with Gasteiger partial charge in [-0.15, -0.1) is 0 Å². The van der Waals surface area contributed by atoms with Crippen molar-refractivity contribution < 1.29 is 9.59 Å². The monoisotopic (exact) mass is 230 g/mol. The molecular formula is C13H14N2O2. The highest BCUT2D eigenvalue weighted by Gasteiger charge is 2.47. The Morgan fingerprint density at radius 2 is 1.88 bits per heavy atom. The molecule has 1 aromatic rings. The zero-order valence-electron chi connectivity index (χ0n) is 9.43. The molecule has 3 rings (SSSR count). The van der Waals surface area contributed by atoms with Crippen LogP contribution < -0.4 is 5.73 Å². The third-order valence-electron chi connectivity index (χ3n) is 3.43. The maximum atomic E-state index is 12.0. The van der Waals surface area contributed by atoms with Crippen molar-refractivity contribution in [3.8, 4) is 0 Å². The summed E-state index contributed by atoms with van der Waals surface area (Å²) < 4.78 is 0. The number of amides is 1. The van der Waals surface area contributed by atoms with Crippen molar-refractivity contribution in [3.05, 3.63) is 29.8 Å². The van der Waals surface area contributed by atoms with E-state index < -0.39 is 6.04 Å². The molecule has 1 unspecified atom stereocenters. The molecule has 17 heavy (non-hydrogen) atoms. The van der Waals surface area contributed by atoms with Gasteiger partial charge >= 0.3 is 0 Å². The first-order valence-corrected chi connectivity index (χ1v) is 5.87. The predicted octanol–water partition coefficient (Wildman–Crippen LogP) is 1.27. The highest BCUT2D eigenvalue weighted by molar-refractivity contribution is 6.08. The van der Waals surface area contributed by atoms with Crippen molar-refractivity contribution in [1.82, 2.24) is 4.90 Å². The van der Waals surface area contributed by atoms with Crippen LogP contribution in [0.25, 0.3) is 0 Å². The fourth-order valence-corrected chi connectivity index (χ4v) is 2.49. The summed E-state index contributed by atoms with van der Waals surface area (Å²) in [7, 11) is 0. The lowest BCUT2D eigenvalue weighted by Gasteiger charge is -2.24. The average molecular weight is 230 g/mol. The number of carbonyl (C=O) groups is 2. The van der Waals surface area contributed by atoms with E-state index in [2.05, 4.69) is 0 Å². The van der Waals surface area contributed by atoms with Crippen molar-refractivity contribution in [2.45, 2.75) is 31.3 Å². The summed E-state index contributed by atoms with van der Waals surface area (Å²) in [6.07, 6.45) is 2.03. The van der Waals surface area contributed by atoms with Crippen molar-refractivity contribution in [1.29, 1.82) is 0 Å². The summed E-state index contributed by atoms with van der Waals surface area (Å²) in [4.78, 5) is 25.5. The molecule has 0 aromatic heterocycles. The molecule has 88 valence electrons. The maximum absolute atomic E-state index is 12.0. The molecule has 2 fully saturated rings. The Labute approximate surface area is 99.4 Å². The van der Waals surface area contributed by atoms with Crippen molar-refractivity contribution >= 4 is 17.4 Å². The van der Waals surface area contributed by atoms with Gasteiger partial charge in [-0.3, -0.25) is 9.59 Å². The van der Waals surface area contributed by atoms with Gasteiger partial charge in [0.15, 0.2) is 5.78 Å². The number of nitrogens with two attached hydrogens (primary N) is 1. The number of para-hydroxylation sites is 1. The Kier molecular flexibility index (Phi) is 2.18. The minimum atomic E-state index is -0.448. The molecule has 1 aliphatic heterocycles. The molecule has 1 aliphatic carbocycles. The fourth-order valence-electron chi connectivity index (χ4n) is 2.49. The van der Waals surface area contributed by atoms with E-state index in [1.54, 1.807) is 11.0 Å². The third-order valence-corrected chi connectivity index (χ3v) is 3.43. The number of carbonyl (C=O) groups excluding carboxylic acids is 2. The number of anilines is 1. The van der Waals surface area contributed by atoms with Gasteiger partial charge in [-0.1, -0.05) is 18.2 Å². The van der Waals surface area contributed by atoms with Gasteiger partial charge in [0.05, 0.1) is 6.42 Å². The van der Waals surface area contributed by atoms with Crippen LogP contribution in [0.15, 0.2) is 24.3 Å². The van der Waals surface area contributed by atoms with Gasteiger partial charge in [0.25, 0.3) is 0 Å². The number of ketones is 1. The molecule has 1 saturated carbocycles. The lowest BCUT2D eigenvalue weighted by Crippen LogP contribution is -2.31. The van der Waals surface area contributed by atoms with Crippen LogP contribution >= 0.6 is 0 Å². The van der Waals surface area contributed by atoms with Crippen LogP contribution in [0.3, 0.4) is 0 Å². The van der Waals surface area contributed by atoms with Gasteiger partial charge in [-0.2, -0.15) is 0 Å². The number of nitrogens with zero attached hydrogens (tertiary/aromatic N) is 1. The number of benzene rings is 1. The van der Waals surface area contributed by atoms with E-state index >= 15 is 0 Å². The molecule has 1 atom stereocenters. The highest BCUT2D eigenvalue weighted by atomic mass is 16.2. The van der Waals surface area contributed by atoms with E-state index in [4.69, 9.17) is 5.73 Å². The lowest BCUT2D eigenvalue weighted by atomic mass is 10.0. The van der Waals surface area contributed by atoms with Gasteiger partial charge in [0, 0.05) is 17.3 Å². The maximum Gasteiger partial charge on any atom is 0.231 e. The highest BCUT2D eigenvalue weighted by Crippen LogP contribution is 2.41. The Morgan fingerprint density at radius 1 is 1.18 bits per heavy atom. The van der Waals surface area contributed by atoms with E-state index in [-0.39, 0.29) is 24.2 Å². The topological polar surface area (TPSA) is 63.4 Å². The molecule has 4 heteroatoms. The molecule has 1 aromatic carbocycles. The number of hydrogen-bond donors (Lipinski definition) is 1. The molecule has 1 amide bonds. The van der Waals surface area contributed by atoms with Crippen LogP contribution in [-0.4, -0.2) is 22.6 Å². The molecule has 4 nitrogen and oxygen atoms in total. The second-order valence-electron chi connectivity index (χ2n) is 4.71. The fraction of sp³-hybridized carbons (Fsp3) is 0.385. The molecule has 1 saturated heterocycles. The number of likely N-dealkylation sites (tertiary alicyclic amines) is 1. The van der Waals surface area contributed by atoms with Crippen LogP contribution in [-0.2, 0) is 9.59 Å². The summed E-state index contributed by atoms with van der Waals surface area (Å²) in [5.74, 6) is -0.0782. The van der Waals surface area contributed by atoms with E-state index in [1.165, 1.54) is 0 Å². The average Bonchev–Trinajstić information content (AvgIpc) is 3.06. The second kappa shape index (κ2) is 3.58. The first-order valence-electron chi connectivity index (χ1n) is 5.87. The van der Waals surface area contributed by atoms with Crippen molar-refractivity contribution in [3.63, 3.8) is 0 Å².